The van der Waals surface area contributed by atoms with E-state index in [-0.39, 0.29) is 22.8 Å². The first-order chi connectivity index (χ1) is 13.3. The smallest absolute Gasteiger partial charge is 0.257 e. The van der Waals surface area contributed by atoms with Crippen molar-refractivity contribution in [2.24, 2.45) is 5.92 Å². The van der Waals surface area contributed by atoms with Crippen LogP contribution in [0.5, 0.6) is 5.75 Å². The van der Waals surface area contributed by atoms with E-state index in [0.29, 0.717) is 34.1 Å². The van der Waals surface area contributed by atoms with E-state index in [1.54, 1.807) is 42.5 Å². The Morgan fingerprint density at radius 1 is 1.14 bits per heavy atom. The molecule has 2 aromatic carbocycles. The van der Waals surface area contributed by atoms with Crippen LogP contribution < -0.4 is 20.7 Å². The Morgan fingerprint density at radius 3 is 2.50 bits per heavy atom. The van der Waals surface area contributed by atoms with E-state index < -0.39 is 0 Å². The Balaban J connectivity index is 2.07. The number of amides is 2. The van der Waals surface area contributed by atoms with Crippen LogP contribution in [0.15, 0.2) is 42.5 Å². The Bertz CT molecular complexity index is 887. The van der Waals surface area contributed by atoms with Crippen LogP contribution in [0, 0.1) is 5.92 Å². The second-order valence-electron chi connectivity index (χ2n) is 6.45. The summed E-state index contributed by atoms with van der Waals surface area (Å²) in [5, 5.41) is 8.89. The summed E-state index contributed by atoms with van der Waals surface area (Å²) in [4.78, 5) is 24.2. The summed E-state index contributed by atoms with van der Waals surface area (Å²) in [6.45, 7) is 3.91. The van der Waals surface area contributed by atoms with Crippen LogP contribution in [-0.4, -0.2) is 24.0 Å². The van der Waals surface area contributed by atoms with Gasteiger partial charge in [0.15, 0.2) is 5.11 Å². The monoisotopic (exact) mass is 419 g/mol. The third-order valence-electron chi connectivity index (χ3n) is 3.67. The molecule has 2 amide bonds. The Labute approximate surface area is 174 Å². The molecule has 0 radical (unpaired) electrons. The summed E-state index contributed by atoms with van der Waals surface area (Å²) >= 11 is 11.2. The number of benzene rings is 2. The third kappa shape index (κ3) is 6.21. The number of ether oxygens (including phenoxy) is 1. The molecule has 0 aliphatic carbocycles. The summed E-state index contributed by atoms with van der Waals surface area (Å²) in [6, 6.07) is 11.8. The number of hydrogen-bond acceptors (Lipinski definition) is 4. The highest BCUT2D eigenvalue weighted by molar-refractivity contribution is 7.80. The van der Waals surface area contributed by atoms with Gasteiger partial charge in [0.25, 0.3) is 5.91 Å². The molecule has 0 saturated heterocycles. The molecule has 8 heteroatoms. The zero-order valence-electron chi connectivity index (χ0n) is 15.8. The van der Waals surface area contributed by atoms with Crippen LogP contribution in [0.1, 0.15) is 30.6 Å². The van der Waals surface area contributed by atoms with Crippen LogP contribution in [-0.2, 0) is 4.79 Å². The average Bonchev–Trinajstić information content (AvgIpc) is 2.62. The number of carbonyl (C=O) groups excluding carboxylic acids is 2. The van der Waals surface area contributed by atoms with Crippen molar-refractivity contribution in [3.05, 3.63) is 53.1 Å². The maximum absolute atomic E-state index is 12.4. The van der Waals surface area contributed by atoms with Crippen LogP contribution in [0.3, 0.4) is 0 Å². The molecule has 0 bridgehead atoms. The number of hydrogen-bond donors (Lipinski definition) is 3. The number of nitrogens with one attached hydrogen (secondary N) is 3. The molecule has 0 aromatic heterocycles. The fourth-order valence-electron chi connectivity index (χ4n) is 2.42. The molecule has 0 atom stereocenters. The van der Waals surface area contributed by atoms with Gasteiger partial charge in [0.2, 0.25) is 5.91 Å². The van der Waals surface area contributed by atoms with E-state index in [1.165, 1.54) is 7.11 Å². The quantitative estimate of drug-likeness (QED) is 0.602. The molecule has 3 N–H and O–H groups in total. The molecule has 0 aliphatic heterocycles. The number of rotatable bonds is 6. The van der Waals surface area contributed by atoms with Crippen molar-refractivity contribution in [3.63, 3.8) is 0 Å². The summed E-state index contributed by atoms with van der Waals surface area (Å²) in [5.74, 6) is 0.176. The zero-order chi connectivity index (χ0) is 20.7. The molecule has 2 rings (SSSR count). The van der Waals surface area contributed by atoms with Crippen molar-refractivity contribution in [1.82, 2.24) is 5.32 Å². The minimum atomic E-state index is -0.346. The molecule has 6 nitrogen and oxygen atoms in total. The van der Waals surface area contributed by atoms with Crippen LogP contribution in [0.25, 0.3) is 0 Å². The molecule has 0 spiro atoms. The first kappa shape index (κ1) is 21.7. The highest BCUT2D eigenvalue weighted by atomic mass is 35.5. The largest absolute Gasteiger partial charge is 0.494 e. The van der Waals surface area contributed by atoms with E-state index >= 15 is 0 Å². The highest BCUT2D eigenvalue weighted by Gasteiger charge is 2.14. The molecule has 28 heavy (non-hydrogen) atoms. The lowest BCUT2D eigenvalue weighted by atomic mass is 10.1. The van der Waals surface area contributed by atoms with E-state index in [4.69, 9.17) is 28.6 Å². The topological polar surface area (TPSA) is 79.5 Å². The van der Waals surface area contributed by atoms with Crippen LogP contribution in [0.4, 0.5) is 11.4 Å². The SMILES string of the molecule is COc1cc(NC(=S)NC(=O)CC(C)C)ccc1NC(=O)c1ccccc1Cl. The maximum Gasteiger partial charge on any atom is 0.257 e. The minimum absolute atomic E-state index is 0.150. The molecule has 0 aliphatic rings. The van der Waals surface area contributed by atoms with Gasteiger partial charge in [-0.15, -0.1) is 0 Å². The summed E-state index contributed by atoms with van der Waals surface area (Å²) in [7, 11) is 1.49. The fourth-order valence-corrected chi connectivity index (χ4v) is 2.87. The zero-order valence-corrected chi connectivity index (χ0v) is 17.4. The predicted octanol–water partition coefficient (Wildman–Crippen LogP) is 4.46. The van der Waals surface area contributed by atoms with Crippen molar-refractivity contribution in [1.29, 1.82) is 0 Å². The molecule has 0 unspecified atom stereocenters. The van der Waals surface area contributed by atoms with Gasteiger partial charge in [-0.25, -0.2) is 0 Å². The van der Waals surface area contributed by atoms with Crippen LogP contribution >= 0.6 is 23.8 Å². The molecule has 0 fully saturated rings. The number of methoxy groups -OCH3 is 1. The van der Waals surface area contributed by atoms with Gasteiger partial charge in [-0.1, -0.05) is 37.6 Å². The van der Waals surface area contributed by atoms with Gasteiger partial charge in [0.1, 0.15) is 5.75 Å². The average molecular weight is 420 g/mol. The number of thiocarbonyl (C=S) groups is 1. The Hall–Kier alpha value is -2.64. The van der Waals surface area contributed by atoms with Crippen molar-refractivity contribution < 1.29 is 14.3 Å². The van der Waals surface area contributed by atoms with E-state index in [2.05, 4.69) is 16.0 Å². The van der Waals surface area contributed by atoms with E-state index in [0.717, 1.165) is 0 Å². The van der Waals surface area contributed by atoms with Gasteiger partial charge in [-0.05, 0) is 42.4 Å². The normalized spacial score (nSPS) is 10.3. The van der Waals surface area contributed by atoms with Crippen molar-refractivity contribution >= 4 is 52.1 Å². The van der Waals surface area contributed by atoms with E-state index in [1.807, 2.05) is 13.8 Å². The molecular weight excluding hydrogens is 398 g/mol. The van der Waals surface area contributed by atoms with Gasteiger partial charge in [0.05, 0.1) is 23.4 Å². The first-order valence-electron chi connectivity index (χ1n) is 8.65. The van der Waals surface area contributed by atoms with E-state index in [9.17, 15) is 9.59 Å². The van der Waals surface area contributed by atoms with Gasteiger partial charge >= 0.3 is 0 Å². The van der Waals surface area contributed by atoms with Gasteiger partial charge in [-0.3, -0.25) is 9.59 Å². The Kier molecular flexibility index (Phi) is 7.78. The van der Waals surface area contributed by atoms with Gasteiger partial charge in [-0.2, -0.15) is 0 Å². The van der Waals surface area contributed by atoms with Gasteiger partial charge in [0, 0.05) is 18.2 Å². The highest BCUT2D eigenvalue weighted by Crippen LogP contribution is 2.29. The molecule has 148 valence electrons. The molecule has 0 heterocycles. The maximum atomic E-state index is 12.4. The molecule has 0 saturated carbocycles. The minimum Gasteiger partial charge on any atom is -0.494 e. The van der Waals surface area contributed by atoms with Gasteiger partial charge < -0.3 is 20.7 Å². The fraction of sp³-hybridized carbons (Fsp3) is 0.250. The van der Waals surface area contributed by atoms with Crippen molar-refractivity contribution in [2.75, 3.05) is 17.7 Å². The third-order valence-corrected chi connectivity index (χ3v) is 4.21. The molecule has 2 aromatic rings. The number of halogens is 1. The summed E-state index contributed by atoms with van der Waals surface area (Å²) < 4.78 is 5.35. The summed E-state index contributed by atoms with van der Waals surface area (Å²) in [6.07, 6.45) is 0.387. The Morgan fingerprint density at radius 2 is 1.86 bits per heavy atom. The lowest BCUT2D eigenvalue weighted by Gasteiger charge is -2.14. The van der Waals surface area contributed by atoms with Crippen molar-refractivity contribution in [3.8, 4) is 5.75 Å². The standard InChI is InChI=1S/C20H22ClN3O3S/c1-12(2)10-18(25)24-20(28)22-13-8-9-16(17(11-13)27-3)23-19(26)14-6-4-5-7-15(14)21/h4-9,11-12H,10H2,1-3H3,(H,23,26)(H2,22,24,25,28). The number of anilines is 2. The van der Waals surface area contributed by atoms with Crippen molar-refractivity contribution in [2.45, 2.75) is 20.3 Å². The lowest BCUT2D eigenvalue weighted by Crippen LogP contribution is -2.34. The second kappa shape index (κ2) is 10.1. The predicted molar refractivity (Wildman–Crippen MR) is 116 cm³/mol. The number of carbonyl (C=O) groups is 2. The summed E-state index contributed by atoms with van der Waals surface area (Å²) in [5.41, 5.74) is 1.46. The lowest BCUT2D eigenvalue weighted by molar-refractivity contribution is -0.120. The first-order valence-corrected chi connectivity index (χ1v) is 9.43. The second-order valence-corrected chi connectivity index (χ2v) is 7.26. The molecular formula is C20H22ClN3O3S. The van der Waals surface area contributed by atoms with Crippen LogP contribution in [0.2, 0.25) is 5.02 Å².